The highest BCUT2D eigenvalue weighted by Gasteiger charge is 2.17. The first kappa shape index (κ1) is 22.7. The fourth-order valence-corrected chi connectivity index (χ4v) is 4.04. The Morgan fingerprint density at radius 1 is 0.893 bits per heavy atom. The molecule has 2 aliphatic rings. The summed E-state index contributed by atoms with van der Waals surface area (Å²) in [5.41, 5.74) is 3.95. The third-order valence-electron chi connectivity index (χ3n) is 5.54. The second-order valence-corrected chi connectivity index (χ2v) is 7.31. The lowest BCUT2D eigenvalue weighted by atomic mass is 10.1. The predicted molar refractivity (Wildman–Crippen MR) is 120 cm³/mol. The first-order valence-corrected chi connectivity index (χ1v) is 9.79. The Kier molecular flexibility index (Phi) is 8.74. The number of benzene rings is 2. The largest absolute Gasteiger partial charge is 0.504 e. The van der Waals surface area contributed by atoms with Crippen molar-refractivity contribution in [1.29, 1.82) is 0 Å². The smallest absolute Gasteiger partial charge is 0.161 e. The van der Waals surface area contributed by atoms with E-state index in [0.29, 0.717) is 18.1 Å². The number of ether oxygens (including phenoxy) is 1. The van der Waals surface area contributed by atoms with Crippen molar-refractivity contribution in [2.75, 3.05) is 44.2 Å². The Hall–Kier alpha value is -1.62. The maximum atomic E-state index is 10.1. The van der Waals surface area contributed by atoms with Gasteiger partial charge in [0.1, 0.15) is 0 Å². The van der Waals surface area contributed by atoms with Crippen molar-refractivity contribution in [3.8, 4) is 11.5 Å². The second kappa shape index (κ2) is 10.8. The zero-order valence-electron chi connectivity index (χ0n) is 16.2. The second-order valence-electron chi connectivity index (χ2n) is 7.31. The highest BCUT2D eigenvalue weighted by molar-refractivity contribution is 5.85. The summed E-state index contributed by atoms with van der Waals surface area (Å²) in [7, 11) is 0. The normalized spacial score (nSPS) is 16.1. The minimum absolute atomic E-state index is 0. The molecule has 1 heterocycles. The van der Waals surface area contributed by atoms with Crippen LogP contribution in [0.1, 0.15) is 24.0 Å². The molecule has 1 fully saturated rings. The Morgan fingerprint density at radius 2 is 1.57 bits per heavy atom. The zero-order chi connectivity index (χ0) is 17.8. The van der Waals surface area contributed by atoms with Crippen molar-refractivity contribution in [2.45, 2.75) is 25.7 Å². The summed E-state index contributed by atoms with van der Waals surface area (Å²) >= 11 is 0. The molecule has 0 unspecified atom stereocenters. The van der Waals surface area contributed by atoms with Crippen molar-refractivity contribution < 1.29 is 9.84 Å². The molecule has 4 rings (SSSR count). The molecule has 28 heavy (non-hydrogen) atoms. The minimum atomic E-state index is 0. The van der Waals surface area contributed by atoms with Gasteiger partial charge in [-0.3, -0.25) is 4.90 Å². The van der Waals surface area contributed by atoms with Gasteiger partial charge in [0, 0.05) is 38.4 Å². The van der Waals surface area contributed by atoms with Gasteiger partial charge >= 0.3 is 0 Å². The molecule has 0 bridgehead atoms. The lowest BCUT2D eigenvalue weighted by molar-refractivity contribution is 0.221. The third-order valence-corrected chi connectivity index (χ3v) is 5.54. The number of hydrogen-bond acceptors (Lipinski definition) is 4. The van der Waals surface area contributed by atoms with Crippen LogP contribution in [0.5, 0.6) is 11.5 Å². The number of fused-ring (bicyclic) bond motifs is 1. The number of nitrogens with zero attached hydrogens (tertiary/aromatic N) is 2. The van der Waals surface area contributed by atoms with Gasteiger partial charge in [0.2, 0.25) is 0 Å². The topological polar surface area (TPSA) is 35.9 Å². The number of phenolic OH excluding ortho intramolecular Hbond substituents is 1. The summed E-state index contributed by atoms with van der Waals surface area (Å²) in [6.45, 7) is 6.06. The van der Waals surface area contributed by atoms with Gasteiger partial charge in [-0.05, 0) is 61.1 Å². The van der Waals surface area contributed by atoms with Crippen molar-refractivity contribution in [2.24, 2.45) is 0 Å². The van der Waals surface area contributed by atoms with Crippen LogP contribution >= 0.6 is 24.8 Å². The van der Waals surface area contributed by atoms with Crippen molar-refractivity contribution in [1.82, 2.24) is 4.90 Å². The van der Waals surface area contributed by atoms with Crippen molar-refractivity contribution in [3.05, 3.63) is 53.6 Å². The molecular formula is C22H30Cl2N2O2. The number of anilines is 1. The molecule has 154 valence electrons. The summed E-state index contributed by atoms with van der Waals surface area (Å²) in [6, 6.07) is 14.6. The molecule has 1 aliphatic carbocycles. The lowest BCUT2D eigenvalue weighted by Gasteiger charge is -2.36. The fraction of sp³-hybridized carbons (Fsp3) is 0.455. The molecule has 0 saturated carbocycles. The van der Waals surface area contributed by atoms with E-state index in [2.05, 4.69) is 40.1 Å². The van der Waals surface area contributed by atoms with Crippen LogP contribution in [0.4, 0.5) is 5.69 Å². The highest BCUT2D eigenvalue weighted by Crippen LogP contribution is 2.34. The SMILES string of the molecule is Cl.Cl.Oc1cc2c(cc1OCCCN1CCN(c3ccccc3)CC1)CCC2. The number of rotatable bonds is 6. The van der Waals surface area contributed by atoms with E-state index in [9.17, 15) is 5.11 Å². The molecule has 6 heteroatoms. The van der Waals surface area contributed by atoms with Gasteiger partial charge in [0.15, 0.2) is 11.5 Å². The van der Waals surface area contributed by atoms with E-state index >= 15 is 0 Å². The number of para-hydroxylation sites is 1. The minimum Gasteiger partial charge on any atom is -0.504 e. The maximum Gasteiger partial charge on any atom is 0.161 e. The van der Waals surface area contributed by atoms with Crippen LogP contribution in [0, 0.1) is 0 Å². The van der Waals surface area contributed by atoms with E-state index in [0.717, 1.165) is 52.0 Å². The Morgan fingerprint density at radius 3 is 2.29 bits per heavy atom. The Balaban J connectivity index is 0.00000140. The van der Waals surface area contributed by atoms with Crippen LogP contribution in [-0.2, 0) is 12.8 Å². The van der Waals surface area contributed by atoms with Gasteiger partial charge in [0.25, 0.3) is 0 Å². The van der Waals surface area contributed by atoms with Crippen LogP contribution < -0.4 is 9.64 Å². The standard InChI is InChI=1S/C22H28N2O2.2ClH/c25-21-16-18-6-4-7-19(18)17-22(21)26-15-5-10-23-11-13-24(14-12-23)20-8-2-1-3-9-20;;/h1-3,8-9,16-17,25H,4-7,10-15H2;2*1H. The first-order chi connectivity index (χ1) is 12.8. The number of halogens is 2. The van der Waals surface area contributed by atoms with E-state index in [-0.39, 0.29) is 24.8 Å². The molecule has 2 aromatic rings. The zero-order valence-corrected chi connectivity index (χ0v) is 17.8. The summed E-state index contributed by atoms with van der Waals surface area (Å²) in [5, 5.41) is 10.1. The average molecular weight is 425 g/mol. The monoisotopic (exact) mass is 424 g/mol. The molecule has 0 spiro atoms. The average Bonchev–Trinajstić information content (AvgIpc) is 3.13. The quantitative estimate of drug-likeness (QED) is 0.700. The van der Waals surface area contributed by atoms with Crippen LogP contribution in [0.15, 0.2) is 42.5 Å². The molecule has 0 radical (unpaired) electrons. The predicted octanol–water partition coefficient (Wildman–Crippen LogP) is 4.32. The van der Waals surface area contributed by atoms with E-state index < -0.39 is 0 Å². The number of phenols is 1. The number of aryl methyl sites for hydroxylation is 2. The Labute approximate surface area is 180 Å². The van der Waals surface area contributed by atoms with Crippen LogP contribution in [0.2, 0.25) is 0 Å². The molecular weight excluding hydrogens is 395 g/mol. The van der Waals surface area contributed by atoms with Gasteiger partial charge < -0.3 is 14.7 Å². The van der Waals surface area contributed by atoms with Gasteiger partial charge in [-0.1, -0.05) is 18.2 Å². The van der Waals surface area contributed by atoms with E-state index in [1.807, 2.05) is 12.1 Å². The molecule has 0 aromatic heterocycles. The van der Waals surface area contributed by atoms with Gasteiger partial charge in [0.05, 0.1) is 6.61 Å². The summed E-state index contributed by atoms with van der Waals surface area (Å²) in [5.74, 6) is 0.946. The third kappa shape index (κ3) is 5.47. The molecule has 1 aliphatic heterocycles. The molecule has 1 saturated heterocycles. The molecule has 0 amide bonds. The number of hydrogen-bond donors (Lipinski definition) is 1. The van der Waals surface area contributed by atoms with Gasteiger partial charge in [-0.15, -0.1) is 24.8 Å². The first-order valence-electron chi connectivity index (χ1n) is 9.79. The van der Waals surface area contributed by atoms with E-state index in [1.54, 1.807) is 0 Å². The summed E-state index contributed by atoms with van der Waals surface area (Å²) < 4.78 is 5.86. The van der Waals surface area contributed by atoms with E-state index in [4.69, 9.17) is 4.74 Å². The highest BCUT2D eigenvalue weighted by atomic mass is 35.5. The number of piperazine rings is 1. The maximum absolute atomic E-state index is 10.1. The fourth-order valence-electron chi connectivity index (χ4n) is 4.04. The molecule has 4 nitrogen and oxygen atoms in total. The van der Waals surface area contributed by atoms with Gasteiger partial charge in [-0.2, -0.15) is 0 Å². The summed E-state index contributed by atoms with van der Waals surface area (Å²) in [4.78, 5) is 4.96. The van der Waals surface area contributed by atoms with Gasteiger partial charge in [-0.25, -0.2) is 0 Å². The number of aromatic hydroxyl groups is 1. The summed E-state index contributed by atoms with van der Waals surface area (Å²) in [6.07, 6.45) is 4.37. The van der Waals surface area contributed by atoms with E-state index in [1.165, 1.54) is 23.2 Å². The molecule has 0 atom stereocenters. The van der Waals surface area contributed by atoms with Crippen molar-refractivity contribution >= 4 is 30.5 Å². The Bertz CT molecular complexity index is 735. The van der Waals surface area contributed by atoms with Crippen LogP contribution in [-0.4, -0.2) is 49.3 Å². The van der Waals surface area contributed by atoms with Crippen molar-refractivity contribution in [3.63, 3.8) is 0 Å². The molecule has 1 N–H and O–H groups in total. The van der Waals surface area contributed by atoms with Crippen LogP contribution in [0.3, 0.4) is 0 Å². The lowest BCUT2D eigenvalue weighted by Crippen LogP contribution is -2.46. The molecule has 2 aromatic carbocycles. The van der Waals surface area contributed by atoms with Crippen LogP contribution in [0.25, 0.3) is 0 Å².